The standard InChI is InChI=1S/C14H11Cl2FN4O3S/c1-3-24-13(23)8(5-18-14-21-20-6(2)25-14)10(22)7-4-9(17)12(16)19-11(7)15/h4-5,22H,3H2,1-2H3. The van der Waals surface area contributed by atoms with Gasteiger partial charge in [0.15, 0.2) is 11.0 Å². The lowest BCUT2D eigenvalue weighted by atomic mass is 10.1. The first-order valence-corrected chi connectivity index (χ1v) is 8.37. The van der Waals surface area contributed by atoms with Crippen LogP contribution in [0.4, 0.5) is 9.52 Å². The minimum Gasteiger partial charge on any atom is -0.506 e. The maximum Gasteiger partial charge on any atom is 0.343 e. The third kappa shape index (κ3) is 4.71. The van der Waals surface area contributed by atoms with Gasteiger partial charge in [0.2, 0.25) is 5.13 Å². The molecule has 2 aromatic heterocycles. The Kier molecular flexibility index (Phi) is 6.40. The second kappa shape index (κ2) is 8.32. The summed E-state index contributed by atoms with van der Waals surface area (Å²) < 4.78 is 18.5. The van der Waals surface area contributed by atoms with Crippen LogP contribution in [-0.2, 0) is 9.53 Å². The smallest absolute Gasteiger partial charge is 0.343 e. The van der Waals surface area contributed by atoms with Crippen LogP contribution in [0.2, 0.25) is 10.3 Å². The largest absolute Gasteiger partial charge is 0.506 e. The van der Waals surface area contributed by atoms with Crippen LogP contribution in [0.3, 0.4) is 0 Å². The minimum absolute atomic E-state index is 0.0579. The molecule has 0 aliphatic heterocycles. The van der Waals surface area contributed by atoms with Crippen molar-refractivity contribution in [2.45, 2.75) is 13.8 Å². The first-order valence-electron chi connectivity index (χ1n) is 6.80. The van der Waals surface area contributed by atoms with Crippen LogP contribution in [0, 0.1) is 12.7 Å². The predicted octanol–water partition coefficient (Wildman–Crippen LogP) is 3.92. The maximum atomic E-state index is 13.6. The molecule has 0 atom stereocenters. The Hall–Kier alpha value is -2.10. The van der Waals surface area contributed by atoms with Gasteiger partial charge in [0, 0.05) is 6.21 Å². The summed E-state index contributed by atoms with van der Waals surface area (Å²) in [5, 5.41) is 18.1. The van der Waals surface area contributed by atoms with E-state index >= 15 is 0 Å². The van der Waals surface area contributed by atoms with Gasteiger partial charge in [-0.1, -0.05) is 34.5 Å². The van der Waals surface area contributed by atoms with E-state index in [1.165, 1.54) is 11.3 Å². The molecule has 2 rings (SSSR count). The number of pyridine rings is 1. The SMILES string of the molecule is CCOC(=O)C(C=Nc1nnc(C)s1)=C(O)c1cc(F)c(Cl)nc1Cl. The maximum absolute atomic E-state index is 13.6. The van der Waals surface area contributed by atoms with E-state index in [0.717, 1.165) is 12.3 Å². The number of hydrogen-bond acceptors (Lipinski definition) is 8. The number of aromatic nitrogens is 3. The van der Waals surface area contributed by atoms with E-state index in [1.54, 1.807) is 13.8 Å². The van der Waals surface area contributed by atoms with E-state index in [9.17, 15) is 14.3 Å². The molecule has 0 aliphatic carbocycles. The molecule has 0 radical (unpaired) electrons. The second-order valence-corrected chi connectivity index (χ2v) is 6.32. The fourth-order valence-corrected chi connectivity index (χ4v) is 2.58. The summed E-state index contributed by atoms with van der Waals surface area (Å²) in [5.74, 6) is -2.44. The van der Waals surface area contributed by atoms with Crippen molar-refractivity contribution >= 4 is 57.6 Å². The van der Waals surface area contributed by atoms with Crippen molar-refractivity contribution < 1.29 is 19.0 Å². The van der Waals surface area contributed by atoms with Crippen LogP contribution in [-0.4, -0.2) is 39.1 Å². The zero-order valence-corrected chi connectivity index (χ0v) is 15.3. The lowest BCUT2D eigenvalue weighted by Gasteiger charge is -2.08. The number of esters is 1. The van der Waals surface area contributed by atoms with E-state index in [0.29, 0.717) is 5.01 Å². The quantitative estimate of drug-likeness (QED) is 0.266. The first-order chi connectivity index (χ1) is 11.8. The highest BCUT2D eigenvalue weighted by atomic mass is 35.5. The topological polar surface area (TPSA) is 97.6 Å². The third-order valence-corrected chi connectivity index (χ3v) is 4.01. The average molecular weight is 405 g/mol. The molecule has 0 amide bonds. The van der Waals surface area contributed by atoms with E-state index in [2.05, 4.69) is 20.2 Å². The molecule has 0 aromatic carbocycles. The molecule has 2 aromatic rings. The van der Waals surface area contributed by atoms with Crippen molar-refractivity contribution in [3.05, 3.63) is 38.3 Å². The Morgan fingerprint density at radius 3 is 2.76 bits per heavy atom. The van der Waals surface area contributed by atoms with Crippen molar-refractivity contribution in [1.82, 2.24) is 15.2 Å². The van der Waals surface area contributed by atoms with Gasteiger partial charge in [0.25, 0.3) is 0 Å². The molecule has 11 heteroatoms. The third-order valence-electron chi connectivity index (χ3n) is 2.71. The molecule has 0 fully saturated rings. The molecule has 25 heavy (non-hydrogen) atoms. The van der Waals surface area contributed by atoms with Gasteiger partial charge in [-0.2, -0.15) is 0 Å². The summed E-state index contributed by atoms with van der Waals surface area (Å²) in [4.78, 5) is 19.6. The molecule has 0 aliphatic rings. The fraction of sp³-hybridized carbons (Fsp3) is 0.214. The summed E-state index contributed by atoms with van der Waals surface area (Å²) in [5.41, 5.74) is -0.577. The van der Waals surface area contributed by atoms with Crippen molar-refractivity contribution in [2.24, 2.45) is 4.99 Å². The average Bonchev–Trinajstić information content (AvgIpc) is 2.96. The van der Waals surface area contributed by atoms with Crippen LogP contribution in [0.1, 0.15) is 17.5 Å². The number of hydrogen-bond donors (Lipinski definition) is 1. The summed E-state index contributed by atoms with van der Waals surface area (Å²) in [6, 6.07) is 0.856. The van der Waals surface area contributed by atoms with Crippen molar-refractivity contribution in [3.8, 4) is 0 Å². The van der Waals surface area contributed by atoms with Crippen LogP contribution < -0.4 is 0 Å². The van der Waals surface area contributed by atoms with Crippen molar-refractivity contribution in [3.63, 3.8) is 0 Å². The number of aryl methyl sites for hydroxylation is 1. The molecular formula is C14H11Cl2FN4O3S. The number of carbonyl (C=O) groups is 1. The number of aliphatic hydroxyl groups is 1. The number of nitrogens with zero attached hydrogens (tertiary/aromatic N) is 4. The zero-order valence-electron chi connectivity index (χ0n) is 13.0. The fourth-order valence-electron chi connectivity index (χ4n) is 1.63. The molecular weight excluding hydrogens is 394 g/mol. The van der Waals surface area contributed by atoms with Crippen molar-refractivity contribution in [1.29, 1.82) is 0 Å². The monoisotopic (exact) mass is 404 g/mol. The Labute approximate surface area is 155 Å². The Morgan fingerprint density at radius 2 is 2.16 bits per heavy atom. The van der Waals surface area contributed by atoms with Gasteiger partial charge in [0.1, 0.15) is 21.5 Å². The summed E-state index contributed by atoms with van der Waals surface area (Å²) in [7, 11) is 0. The molecule has 1 N–H and O–H groups in total. The van der Waals surface area contributed by atoms with Crippen LogP contribution in [0.5, 0.6) is 0 Å². The highest BCUT2D eigenvalue weighted by Crippen LogP contribution is 2.27. The van der Waals surface area contributed by atoms with Gasteiger partial charge in [-0.05, 0) is 19.9 Å². The molecule has 0 unspecified atom stereocenters. The van der Waals surface area contributed by atoms with E-state index in [4.69, 9.17) is 27.9 Å². The molecule has 0 bridgehead atoms. The minimum atomic E-state index is -0.910. The number of carbonyl (C=O) groups excluding carboxylic acids is 1. The van der Waals surface area contributed by atoms with E-state index < -0.39 is 22.7 Å². The first kappa shape index (κ1) is 19.2. The Morgan fingerprint density at radius 1 is 1.44 bits per heavy atom. The van der Waals surface area contributed by atoms with Gasteiger partial charge in [-0.25, -0.2) is 19.2 Å². The lowest BCUT2D eigenvalue weighted by Crippen LogP contribution is -2.11. The van der Waals surface area contributed by atoms with E-state index in [-0.39, 0.29) is 28.0 Å². The van der Waals surface area contributed by atoms with Gasteiger partial charge < -0.3 is 9.84 Å². The molecule has 132 valence electrons. The van der Waals surface area contributed by atoms with Crippen molar-refractivity contribution in [2.75, 3.05) is 6.61 Å². The predicted molar refractivity (Wildman–Crippen MR) is 93.2 cm³/mol. The highest BCUT2D eigenvalue weighted by molar-refractivity contribution is 7.14. The summed E-state index contributed by atoms with van der Waals surface area (Å²) in [6.07, 6.45) is 1.04. The molecule has 7 nitrogen and oxygen atoms in total. The zero-order chi connectivity index (χ0) is 18.6. The van der Waals surface area contributed by atoms with Gasteiger partial charge >= 0.3 is 5.97 Å². The molecule has 0 saturated heterocycles. The number of aliphatic imine (C=N–C) groups is 1. The van der Waals surface area contributed by atoms with Gasteiger partial charge in [-0.15, -0.1) is 10.2 Å². The summed E-state index contributed by atoms with van der Waals surface area (Å²) in [6.45, 7) is 3.38. The van der Waals surface area contributed by atoms with Crippen LogP contribution in [0.25, 0.3) is 5.76 Å². The Balaban J connectivity index is 2.52. The normalized spacial score (nSPS) is 12.4. The second-order valence-electron chi connectivity index (χ2n) is 4.44. The lowest BCUT2D eigenvalue weighted by molar-refractivity contribution is -0.137. The van der Waals surface area contributed by atoms with E-state index in [1.807, 2.05) is 0 Å². The number of rotatable bonds is 5. The molecule has 2 heterocycles. The molecule has 0 saturated carbocycles. The Bertz CT molecular complexity index is 870. The number of aliphatic hydroxyl groups excluding tert-OH is 1. The highest BCUT2D eigenvalue weighted by Gasteiger charge is 2.21. The number of halogens is 3. The van der Waals surface area contributed by atoms with Crippen LogP contribution in [0.15, 0.2) is 16.6 Å². The summed E-state index contributed by atoms with van der Waals surface area (Å²) >= 11 is 12.6. The van der Waals surface area contributed by atoms with Crippen LogP contribution >= 0.6 is 34.5 Å². The van der Waals surface area contributed by atoms with Gasteiger partial charge in [-0.3, -0.25) is 0 Å². The van der Waals surface area contributed by atoms with Gasteiger partial charge in [0.05, 0.1) is 12.2 Å². The number of ether oxygens (including phenoxy) is 1. The molecule has 0 spiro atoms.